The summed E-state index contributed by atoms with van der Waals surface area (Å²) in [6.07, 6.45) is 2.89. The predicted molar refractivity (Wildman–Crippen MR) is 88.2 cm³/mol. The monoisotopic (exact) mass is 303 g/mol. The van der Waals surface area contributed by atoms with Crippen LogP contribution in [-0.2, 0) is 0 Å². The van der Waals surface area contributed by atoms with Gasteiger partial charge in [0.2, 0.25) is 0 Å². The molecule has 0 aliphatic carbocycles. The number of anilines is 1. The van der Waals surface area contributed by atoms with E-state index in [1.54, 1.807) is 6.07 Å². The third kappa shape index (κ3) is 2.60. The Bertz CT molecular complexity index is 921. The molecule has 0 spiro atoms. The maximum absolute atomic E-state index is 12.0. The van der Waals surface area contributed by atoms with Gasteiger partial charge in [0, 0.05) is 11.3 Å². The number of aromatic amines is 1. The molecule has 112 valence electrons. The summed E-state index contributed by atoms with van der Waals surface area (Å²) in [6, 6.07) is 17.0. The van der Waals surface area contributed by atoms with Gasteiger partial charge >= 0.3 is 0 Å². The fourth-order valence-electron chi connectivity index (χ4n) is 2.40. The minimum atomic E-state index is -0.199. The van der Waals surface area contributed by atoms with Gasteiger partial charge in [-0.3, -0.25) is 4.79 Å². The summed E-state index contributed by atoms with van der Waals surface area (Å²) in [6.45, 7) is 0. The quantitative estimate of drug-likeness (QED) is 0.599. The zero-order valence-corrected chi connectivity index (χ0v) is 12.1. The standard InChI is InChI=1S/C18H13N3O2/c22-18(13-9-10-23-11-13)19-14-7-5-12(6-8-14)17-20-15-3-1-2-4-16(15)21-17/h1-11H,(H,19,22)(H,20,21). The average Bonchev–Trinajstić information content (AvgIpc) is 3.25. The van der Waals surface area contributed by atoms with E-state index in [4.69, 9.17) is 4.42 Å². The van der Waals surface area contributed by atoms with E-state index in [2.05, 4.69) is 15.3 Å². The van der Waals surface area contributed by atoms with Gasteiger partial charge in [-0.05, 0) is 42.5 Å². The number of fused-ring (bicyclic) bond motifs is 1. The number of hydrogen-bond donors (Lipinski definition) is 2. The van der Waals surface area contributed by atoms with Gasteiger partial charge in [-0.25, -0.2) is 4.98 Å². The largest absolute Gasteiger partial charge is 0.472 e. The van der Waals surface area contributed by atoms with Crippen molar-refractivity contribution in [2.24, 2.45) is 0 Å². The van der Waals surface area contributed by atoms with E-state index in [0.29, 0.717) is 5.56 Å². The summed E-state index contributed by atoms with van der Waals surface area (Å²) in [4.78, 5) is 19.8. The van der Waals surface area contributed by atoms with Crippen LogP contribution in [-0.4, -0.2) is 15.9 Å². The summed E-state index contributed by atoms with van der Waals surface area (Å²) < 4.78 is 4.91. The molecule has 0 radical (unpaired) electrons. The molecule has 0 bridgehead atoms. The zero-order chi connectivity index (χ0) is 15.6. The number of imidazole rings is 1. The number of carbonyl (C=O) groups is 1. The molecule has 2 heterocycles. The Labute approximate surface area is 132 Å². The van der Waals surface area contributed by atoms with Crippen molar-refractivity contribution in [2.75, 3.05) is 5.32 Å². The molecule has 0 unspecified atom stereocenters. The molecule has 2 aromatic carbocycles. The molecule has 5 heteroatoms. The second-order valence-corrected chi connectivity index (χ2v) is 5.15. The minimum absolute atomic E-state index is 0.199. The van der Waals surface area contributed by atoms with Gasteiger partial charge < -0.3 is 14.7 Å². The highest BCUT2D eigenvalue weighted by atomic mass is 16.3. The van der Waals surface area contributed by atoms with Crippen LogP contribution in [0, 0.1) is 0 Å². The minimum Gasteiger partial charge on any atom is -0.472 e. The van der Waals surface area contributed by atoms with Gasteiger partial charge in [-0.1, -0.05) is 12.1 Å². The van der Waals surface area contributed by atoms with Crippen LogP contribution in [0.1, 0.15) is 10.4 Å². The van der Waals surface area contributed by atoms with E-state index in [0.717, 1.165) is 28.1 Å². The third-order valence-corrected chi connectivity index (χ3v) is 3.59. The van der Waals surface area contributed by atoms with Crippen LogP contribution in [0.15, 0.2) is 71.5 Å². The fraction of sp³-hybridized carbons (Fsp3) is 0. The third-order valence-electron chi connectivity index (χ3n) is 3.59. The lowest BCUT2D eigenvalue weighted by atomic mass is 10.2. The van der Waals surface area contributed by atoms with Crippen molar-refractivity contribution in [2.45, 2.75) is 0 Å². The SMILES string of the molecule is O=C(Nc1ccc(-c2nc3ccccc3[nH]2)cc1)c1ccoc1. The first-order chi connectivity index (χ1) is 11.3. The fourth-order valence-corrected chi connectivity index (χ4v) is 2.40. The van der Waals surface area contributed by atoms with E-state index < -0.39 is 0 Å². The Morgan fingerprint density at radius 2 is 1.87 bits per heavy atom. The Kier molecular flexibility index (Phi) is 3.16. The van der Waals surface area contributed by atoms with Crippen molar-refractivity contribution in [3.8, 4) is 11.4 Å². The number of aromatic nitrogens is 2. The molecule has 5 nitrogen and oxygen atoms in total. The van der Waals surface area contributed by atoms with Crippen LogP contribution >= 0.6 is 0 Å². The van der Waals surface area contributed by atoms with Gasteiger partial charge in [0.25, 0.3) is 5.91 Å². The highest BCUT2D eigenvalue weighted by Crippen LogP contribution is 2.22. The van der Waals surface area contributed by atoms with Crippen molar-refractivity contribution in [3.63, 3.8) is 0 Å². The number of nitrogens with zero attached hydrogens (tertiary/aromatic N) is 1. The number of hydrogen-bond acceptors (Lipinski definition) is 3. The number of furan rings is 1. The lowest BCUT2D eigenvalue weighted by Gasteiger charge is -2.04. The zero-order valence-electron chi connectivity index (χ0n) is 12.1. The van der Waals surface area contributed by atoms with Gasteiger partial charge in [0.1, 0.15) is 12.1 Å². The van der Waals surface area contributed by atoms with Gasteiger partial charge in [-0.15, -0.1) is 0 Å². The predicted octanol–water partition coefficient (Wildman–Crippen LogP) is 4.08. The first kappa shape index (κ1) is 13.3. The Balaban J connectivity index is 1.57. The Hall–Kier alpha value is -3.34. The van der Waals surface area contributed by atoms with Gasteiger partial charge in [0.15, 0.2) is 0 Å². The molecule has 4 aromatic rings. The van der Waals surface area contributed by atoms with E-state index >= 15 is 0 Å². The highest BCUT2D eigenvalue weighted by molar-refractivity contribution is 6.04. The van der Waals surface area contributed by atoms with Crippen LogP contribution in [0.2, 0.25) is 0 Å². The van der Waals surface area contributed by atoms with E-state index in [-0.39, 0.29) is 5.91 Å². The molecule has 0 saturated carbocycles. The molecule has 0 aliphatic heterocycles. The smallest absolute Gasteiger partial charge is 0.258 e. The molecule has 1 amide bonds. The Morgan fingerprint density at radius 1 is 1.04 bits per heavy atom. The van der Waals surface area contributed by atoms with Crippen LogP contribution < -0.4 is 5.32 Å². The topological polar surface area (TPSA) is 70.9 Å². The number of H-pyrrole nitrogens is 1. The van der Waals surface area contributed by atoms with Crippen LogP contribution in [0.5, 0.6) is 0 Å². The molecule has 2 aromatic heterocycles. The number of amides is 1. The van der Waals surface area contributed by atoms with Crippen LogP contribution in [0.25, 0.3) is 22.4 Å². The van der Waals surface area contributed by atoms with E-state index in [1.807, 2.05) is 48.5 Å². The molecular formula is C18H13N3O2. The summed E-state index contributed by atoms with van der Waals surface area (Å²) >= 11 is 0. The van der Waals surface area contributed by atoms with Crippen molar-refractivity contribution in [1.82, 2.24) is 9.97 Å². The first-order valence-electron chi connectivity index (χ1n) is 7.18. The molecule has 23 heavy (non-hydrogen) atoms. The summed E-state index contributed by atoms with van der Waals surface area (Å²) in [7, 11) is 0. The lowest BCUT2D eigenvalue weighted by molar-refractivity contribution is 0.102. The molecule has 0 aliphatic rings. The molecule has 0 atom stereocenters. The van der Waals surface area contributed by atoms with Gasteiger partial charge in [-0.2, -0.15) is 0 Å². The van der Waals surface area contributed by atoms with Crippen molar-refractivity contribution in [3.05, 3.63) is 72.7 Å². The maximum Gasteiger partial charge on any atom is 0.258 e. The second-order valence-electron chi connectivity index (χ2n) is 5.15. The molecular weight excluding hydrogens is 290 g/mol. The summed E-state index contributed by atoms with van der Waals surface area (Å²) in [5.41, 5.74) is 4.10. The number of rotatable bonds is 3. The molecule has 0 saturated heterocycles. The molecule has 2 N–H and O–H groups in total. The first-order valence-corrected chi connectivity index (χ1v) is 7.18. The summed E-state index contributed by atoms with van der Waals surface area (Å²) in [5, 5.41) is 2.82. The Morgan fingerprint density at radius 3 is 2.61 bits per heavy atom. The number of carbonyl (C=O) groups excluding carboxylic acids is 1. The second kappa shape index (κ2) is 5.46. The number of para-hydroxylation sites is 2. The number of nitrogens with one attached hydrogen (secondary N) is 2. The van der Waals surface area contributed by atoms with Crippen molar-refractivity contribution >= 4 is 22.6 Å². The number of benzene rings is 2. The van der Waals surface area contributed by atoms with Crippen molar-refractivity contribution < 1.29 is 9.21 Å². The lowest BCUT2D eigenvalue weighted by Crippen LogP contribution is -2.10. The van der Waals surface area contributed by atoms with Crippen LogP contribution in [0.3, 0.4) is 0 Å². The highest BCUT2D eigenvalue weighted by Gasteiger charge is 2.08. The van der Waals surface area contributed by atoms with Crippen molar-refractivity contribution in [1.29, 1.82) is 0 Å². The molecule has 0 fully saturated rings. The maximum atomic E-state index is 12.0. The summed E-state index contributed by atoms with van der Waals surface area (Å²) in [5.74, 6) is 0.606. The van der Waals surface area contributed by atoms with E-state index in [1.165, 1.54) is 12.5 Å². The molecule has 4 rings (SSSR count). The normalized spacial score (nSPS) is 10.8. The van der Waals surface area contributed by atoms with Crippen LogP contribution in [0.4, 0.5) is 5.69 Å². The van der Waals surface area contributed by atoms with E-state index in [9.17, 15) is 4.79 Å². The van der Waals surface area contributed by atoms with Gasteiger partial charge in [0.05, 0.1) is 22.9 Å². The average molecular weight is 303 g/mol.